The van der Waals surface area contributed by atoms with E-state index in [-0.39, 0.29) is 35.9 Å². The first kappa shape index (κ1) is 20.7. The molecule has 0 spiro atoms. The molecule has 3 aliphatic rings. The van der Waals surface area contributed by atoms with Crippen LogP contribution in [0.1, 0.15) is 91.0 Å². The van der Waals surface area contributed by atoms with E-state index in [1.165, 1.54) is 19.3 Å². The minimum atomic E-state index is -0.359. The standard InChI is InChI=1S/C26H32N2O2S/c1-17-9-2-7-14-21(17)27-25(29)23-19-12-5-6-13-20(19)26(30)28(18-10-3-4-11-18)24(23)22-15-8-16-31-22/h5-6,8,12-13,15-18,21,23-24H,2-4,7,9-11,14H2,1H3,(H,27,29)/t17-,21+,23-,24-/m1/s1. The van der Waals surface area contributed by atoms with Gasteiger partial charge in [-0.25, -0.2) is 0 Å². The number of nitrogens with zero attached hydrogens (tertiary/aromatic N) is 1. The van der Waals surface area contributed by atoms with E-state index in [4.69, 9.17) is 0 Å². The van der Waals surface area contributed by atoms with E-state index in [1.54, 1.807) is 11.3 Å². The van der Waals surface area contributed by atoms with E-state index < -0.39 is 0 Å². The lowest BCUT2D eigenvalue weighted by Crippen LogP contribution is -2.52. The van der Waals surface area contributed by atoms with Gasteiger partial charge >= 0.3 is 0 Å². The molecule has 0 unspecified atom stereocenters. The van der Waals surface area contributed by atoms with Crippen molar-refractivity contribution in [3.63, 3.8) is 0 Å². The third-order valence-electron chi connectivity index (χ3n) is 7.65. The van der Waals surface area contributed by atoms with Crippen molar-refractivity contribution in [1.82, 2.24) is 10.2 Å². The van der Waals surface area contributed by atoms with Crippen LogP contribution in [0.25, 0.3) is 0 Å². The average molecular weight is 437 g/mol. The van der Waals surface area contributed by atoms with E-state index in [9.17, 15) is 9.59 Å². The van der Waals surface area contributed by atoms with Gasteiger partial charge in [-0.1, -0.05) is 56.9 Å². The zero-order valence-electron chi connectivity index (χ0n) is 18.3. The highest BCUT2D eigenvalue weighted by Crippen LogP contribution is 2.47. The second kappa shape index (κ2) is 8.78. The lowest BCUT2D eigenvalue weighted by atomic mass is 9.79. The summed E-state index contributed by atoms with van der Waals surface area (Å²) in [4.78, 5) is 30.8. The van der Waals surface area contributed by atoms with Crippen LogP contribution in [0.15, 0.2) is 41.8 Å². The molecule has 0 radical (unpaired) electrons. The Hall–Kier alpha value is -2.14. The van der Waals surface area contributed by atoms with Crippen molar-refractivity contribution >= 4 is 23.2 Å². The molecule has 2 saturated carbocycles. The van der Waals surface area contributed by atoms with Crippen LogP contribution in [-0.2, 0) is 4.79 Å². The van der Waals surface area contributed by atoms with Gasteiger partial charge in [0.25, 0.3) is 5.91 Å². The predicted molar refractivity (Wildman–Crippen MR) is 124 cm³/mol. The summed E-state index contributed by atoms with van der Waals surface area (Å²) in [5, 5.41) is 5.49. The number of carbonyl (C=O) groups excluding carboxylic acids is 2. The number of hydrogen-bond donors (Lipinski definition) is 1. The van der Waals surface area contributed by atoms with Crippen LogP contribution in [0.3, 0.4) is 0 Å². The monoisotopic (exact) mass is 436 g/mol. The van der Waals surface area contributed by atoms with Crippen molar-refractivity contribution in [1.29, 1.82) is 0 Å². The van der Waals surface area contributed by atoms with Gasteiger partial charge in [-0.3, -0.25) is 9.59 Å². The van der Waals surface area contributed by atoms with Crippen molar-refractivity contribution in [2.75, 3.05) is 0 Å². The summed E-state index contributed by atoms with van der Waals surface area (Å²) in [6.45, 7) is 2.25. The van der Waals surface area contributed by atoms with Crippen molar-refractivity contribution in [2.24, 2.45) is 5.92 Å². The van der Waals surface area contributed by atoms with Crippen LogP contribution in [0.5, 0.6) is 0 Å². The zero-order valence-corrected chi connectivity index (χ0v) is 19.1. The lowest BCUT2D eigenvalue weighted by Gasteiger charge is -2.45. The average Bonchev–Trinajstić information content (AvgIpc) is 3.49. The number of carbonyl (C=O) groups is 2. The minimum Gasteiger partial charge on any atom is -0.352 e. The first-order valence-corrected chi connectivity index (χ1v) is 12.8. The highest BCUT2D eigenvalue weighted by atomic mass is 32.1. The lowest BCUT2D eigenvalue weighted by molar-refractivity contribution is -0.125. The van der Waals surface area contributed by atoms with E-state index in [2.05, 4.69) is 28.6 Å². The number of nitrogens with one attached hydrogen (secondary N) is 1. The predicted octanol–water partition coefficient (Wildman–Crippen LogP) is 5.67. The number of rotatable bonds is 4. The molecule has 4 atom stereocenters. The Bertz CT molecular complexity index is 935. The van der Waals surface area contributed by atoms with Crippen LogP contribution < -0.4 is 5.32 Å². The SMILES string of the molecule is C[C@@H]1CCCC[C@@H]1NC(=O)[C@@H]1c2ccccc2C(=O)N(C2CCCC2)[C@@H]1c1cccs1. The smallest absolute Gasteiger partial charge is 0.254 e. The van der Waals surface area contributed by atoms with Crippen LogP contribution in [-0.4, -0.2) is 28.8 Å². The Morgan fingerprint density at radius 3 is 2.48 bits per heavy atom. The first-order valence-electron chi connectivity index (χ1n) is 11.9. The summed E-state index contributed by atoms with van der Waals surface area (Å²) in [6, 6.07) is 12.2. The van der Waals surface area contributed by atoms with Gasteiger partial charge in [0.05, 0.1) is 12.0 Å². The summed E-state index contributed by atoms with van der Waals surface area (Å²) < 4.78 is 0. The van der Waals surface area contributed by atoms with Crippen molar-refractivity contribution < 1.29 is 9.59 Å². The highest BCUT2D eigenvalue weighted by Gasteiger charge is 2.47. The maximum absolute atomic E-state index is 13.9. The Kier molecular flexibility index (Phi) is 5.87. The molecule has 2 heterocycles. The third-order valence-corrected chi connectivity index (χ3v) is 8.59. The van der Waals surface area contributed by atoms with E-state index in [1.807, 2.05) is 30.3 Å². The van der Waals surface area contributed by atoms with Gasteiger partial charge in [-0.05, 0) is 54.7 Å². The Morgan fingerprint density at radius 1 is 1.00 bits per heavy atom. The summed E-state index contributed by atoms with van der Waals surface area (Å²) in [7, 11) is 0. The molecule has 5 heteroatoms. The molecule has 1 aliphatic heterocycles. The maximum Gasteiger partial charge on any atom is 0.254 e. The summed E-state index contributed by atoms with van der Waals surface area (Å²) in [6.07, 6.45) is 9.03. The molecular weight excluding hydrogens is 404 g/mol. The Labute approximate surface area is 189 Å². The molecule has 0 bridgehead atoms. The van der Waals surface area contributed by atoms with Gasteiger partial charge in [0.15, 0.2) is 0 Å². The third kappa shape index (κ3) is 3.82. The molecule has 1 N–H and O–H groups in total. The molecule has 2 amide bonds. The topological polar surface area (TPSA) is 49.4 Å². The van der Waals surface area contributed by atoms with Gasteiger partial charge in [-0.15, -0.1) is 11.3 Å². The molecule has 2 fully saturated rings. The fraction of sp³-hybridized carbons (Fsp3) is 0.538. The number of hydrogen-bond acceptors (Lipinski definition) is 3. The first-order chi connectivity index (χ1) is 15.1. The molecule has 2 aromatic rings. The molecular formula is C26H32N2O2S. The number of thiophene rings is 1. The highest BCUT2D eigenvalue weighted by molar-refractivity contribution is 7.10. The molecule has 2 aliphatic carbocycles. The molecule has 1 aromatic carbocycles. The molecule has 4 nitrogen and oxygen atoms in total. The van der Waals surface area contributed by atoms with Crippen LogP contribution in [0, 0.1) is 5.92 Å². The quantitative estimate of drug-likeness (QED) is 0.672. The van der Waals surface area contributed by atoms with Crippen LogP contribution in [0.4, 0.5) is 0 Å². The van der Waals surface area contributed by atoms with E-state index in [0.717, 1.165) is 42.5 Å². The Balaban J connectivity index is 1.57. The summed E-state index contributed by atoms with van der Waals surface area (Å²) in [5.41, 5.74) is 1.60. The molecule has 31 heavy (non-hydrogen) atoms. The maximum atomic E-state index is 13.9. The van der Waals surface area contributed by atoms with Gasteiger partial charge in [-0.2, -0.15) is 0 Å². The van der Waals surface area contributed by atoms with Crippen LogP contribution >= 0.6 is 11.3 Å². The molecule has 5 rings (SSSR count). The molecule has 1 aromatic heterocycles. The molecule has 0 saturated heterocycles. The van der Waals surface area contributed by atoms with Gasteiger partial charge in [0.2, 0.25) is 5.91 Å². The van der Waals surface area contributed by atoms with Gasteiger partial charge < -0.3 is 10.2 Å². The van der Waals surface area contributed by atoms with Crippen molar-refractivity contribution in [3.05, 3.63) is 57.8 Å². The van der Waals surface area contributed by atoms with Gasteiger partial charge in [0.1, 0.15) is 0 Å². The number of benzene rings is 1. The fourth-order valence-electron chi connectivity index (χ4n) is 5.98. The van der Waals surface area contributed by atoms with E-state index in [0.29, 0.717) is 11.5 Å². The molecule has 164 valence electrons. The zero-order chi connectivity index (χ0) is 21.4. The van der Waals surface area contributed by atoms with E-state index >= 15 is 0 Å². The number of fused-ring (bicyclic) bond motifs is 1. The van der Waals surface area contributed by atoms with Gasteiger partial charge in [0, 0.05) is 22.5 Å². The second-order valence-electron chi connectivity index (χ2n) is 9.55. The Morgan fingerprint density at radius 2 is 1.74 bits per heavy atom. The normalized spacial score (nSPS) is 29.1. The van der Waals surface area contributed by atoms with Crippen molar-refractivity contribution in [3.8, 4) is 0 Å². The number of amides is 2. The summed E-state index contributed by atoms with van der Waals surface area (Å²) in [5.74, 6) is 0.322. The second-order valence-corrected chi connectivity index (χ2v) is 10.5. The summed E-state index contributed by atoms with van der Waals surface area (Å²) >= 11 is 1.66. The van der Waals surface area contributed by atoms with Crippen LogP contribution in [0.2, 0.25) is 0 Å². The fourth-order valence-corrected chi connectivity index (χ4v) is 6.84. The minimum absolute atomic E-state index is 0.0834. The largest absolute Gasteiger partial charge is 0.352 e. The van der Waals surface area contributed by atoms with Crippen molar-refractivity contribution in [2.45, 2.75) is 82.3 Å².